The molecule has 0 amide bonds. The molecule has 0 atom stereocenters. The molecule has 3 rings (SSSR count). The lowest BCUT2D eigenvalue weighted by atomic mass is 10.0. The topological polar surface area (TPSA) is 69.9 Å². The van der Waals surface area contributed by atoms with E-state index in [9.17, 15) is 4.79 Å². The van der Waals surface area contributed by atoms with Crippen molar-refractivity contribution in [3.05, 3.63) is 70.3 Å². The molecule has 0 aliphatic carbocycles. The summed E-state index contributed by atoms with van der Waals surface area (Å²) in [6, 6.07) is 11.8. The van der Waals surface area contributed by atoms with E-state index < -0.39 is 5.97 Å². The lowest BCUT2D eigenvalue weighted by molar-refractivity contribution is 0.0770. The Morgan fingerprint density at radius 1 is 1.15 bits per heavy atom. The minimum absolute atomic E-state index is 0.425. The maximum atomic E-state index is 12.4. The zero-order valence-corrected chi connectivity index (χ0v) is 15.8. The molecule has 0 spiro atoms. The Morgan fingerprint density at radius 3 is 2.38 bits per heavy atom. The van der Waals surface area contributed by atoms with Crippen LogP contribution in [0.4, 0.5) is 0 Å². The lowest BCUT2D eigenvalue weighted by Gasteiger charge is -2.09. The van der Waals surface area contributed by atoms with E-state index in [1.54, 1.807) is 4.68 Å². The van der Waals surface area contributed by atoms with Crippen LogP contribution in [0.1, 0.15) is 45.6 Å². The lowest BCUT2D eigenvalue weighted by Crippen LogP contribution is -2.11. The largest absolute Gasteiger partial charge is 0.391 e. The number of carbonyl (C=O) groups excluding carboxylic acids is 1. The molecule has 0 unspecified atom stereocenters. The van der Waals surface area contributed by atoms with Crippen LogP contribution in [0, 0.1) is 13.8 Å². The van der Waals surface area contributed by atoms with E-state index in [0.29, 0.717) is 35.7 Å². The highest BCUT2D eigenvalue weighted by molar-refractivity contribution is 7.75. The number of thiol groups is 1. The average Bonchev–Trinajstić information content (AvgIpc) is 2.99. The normalized spacial score (nSPS) is 10.8. The third-order valence-electron chi connectivity index (χ3n) is 4.05. The van der Waals surface area contributed by atoms with Gasteiger partial charge >= 0.3 is 5.97 Å². The zero-order valence-electron chi connectivity index (χ0n) is 14.9. The van der Waals surface area contributed by atoms with Gasteiger partial charge < -0.3 is 4.18 Å². The van der Waals surface area contributed by atoms with E-state index >= 15 is 0 Å². The highest BCUT2D eigenvalue weighted by Gasteiger charge is 2.26. The van der Waals surface area contributed by atoms with Crippen molar-refractivity contribution in [2.45, 2.75) is 33.6 Å². The Kier molecular flexibility index (Phi) is 5.37. The third kappa shape index (κ3) is 3.62. The molecule has 2 aromatic heterocycles. The summed E-state index contributed by atoms with van der Waals surface area (Å²) in [6.45, 7) is 5.75. The molecule has 0 radical (unpaired) electrons. The molecule has 0 aliphatic rings. The molecule has 0 fully saturated rings. The van der Waals surface area contributed by atoms with E-state index in [-0.39, 0.29) is 0 Å². The third-order valence-corrected chi connectivity index (χ3v) is 4.22. The van der Waals surface area contributed by atoms with Crippen LogP contribution in [0.25, 0.3) is 5.95 Å². The van der Waals surface area contributed by atoms with Crippen molar-refractivity contribution in [2.24, 2.45) is 0 Å². The smallest absolute Gasteiger partial charge is 0.353 e. The van der Waals surface area contributed by atoms with Gasteiger partial charge in [-0.1, -0.05) is 37.3 Å². The molecule has 3 aromatic rings. The van der Waals surface area contributed by atoms with Gasteiger partial charge in [0.1, 0.15) is 5.56 Å². The molecular formula is C19H20N4O2S. The SMILES string of the molecule is CCc1nn(-c2nc(C)cc(C)n2)c(Cc2ccccc2)c1C(=O)OS. The number of aromatic nitrogens is 4. The molecule has 134 valence electrons. The molecule has 26 heavy (non-hydrogen) atoms. The van der Waals surface area contributed by atoms with Gasteiger partial charge in [0.2, 0.25) is 0 Å². The van der Waals surface area contributed by atoms with Gasteiger partial charge in [-0.25, -0.2) is 19.4 Å². The fourth-order valence-electron chi connectivity index (χ4n) is 2.95. The Bertz CT molecular complexity index is 918. The first-order valence-corrected chi connectivity index (χ1v) is 8.73. The van der Waals surface area contributed by atoms with Crippen molar-refractivity contribution in [3.63, 3.8) is 0 Å². The first kappa shape index (κ1) is 18.1. The van der Waals surface area contributed by atoms with Crippen molar-refractivity contribution in [1.82, 2.24) is 19.7 Å². The van der Waals surface area contributed by atoms with Gasteiger partial charge in [-0.2, -0.15) is 5.10 Å². The first-order chi connectivity index (χ1) is 12.5. The second-order valence-electron chi connectivity index (χ2n) is 6.03. The quantitative estimate of drug-likeness (QED) is 0.552. The van der Waals surface area contributed by atoms with Crippen LogP contribution in [0.3, 0.4) is 0 Å². The van der Waals surface area contributed by atoms with Gasteiger partial charge in [-0.05, 0) is 31.9 Å². The minimum Gasteiger partial charge on any atom is -0.391 e. The first-order valence-electron chi connectivity index (χ1n) is 8.36. The van der Waals surface area contributed by atoms with E-state index in [2.05, 4.69) is 28.0 Å². The van der Waals surface area contributed by atoms with Crippen molar-refractivity contribution < 1.29 is 8.98 Å². The van der Waals surface area contributed by atoms with E-state index in [4.69, 9.17) is 4.18 Å². The maximum absolute atomic E-state index is 12.4. The number of carbonyl (C=O) groups is 1. The molecule has 0 bridgehead atoms. The number of benzene rings is 1. The maximum Gasteiger partial charge on any atom is 0.353 e. The summed E-state index contributed by atoms with van der Waals surface area (Å²) < 4.78 is 6.36. The summed E-state index contributed by atoms with van der Waals surface area (Å²) in [5, 5.41) is 4.60. The summed E-state index contributed by atoms with van der Waals surface area (Å²) in [7, 11) is 0. The Morgan fingerprint density at radius 2 is 1.81 bits per heavy atom. The second kappa shape index (κ2) is 7.70. The minimum atomic E-state index is -0.522. The number of hydrogen-bond donors (Lipinski definition) is 1. The van der Waals surface area contributed by atoms with Gasteiger partial charge in [-0.3, -0.25) is 0 Å². The molecule has 6 nitrogen and oxygen atoms in total. The number of rotatable bonds is 5. The van der Waals surface area contributed by atoms with Crippen molar-refractivity contribution in [2.75, 3.05) is 0 Å². The standard InChI is InChI=1S/C19H20N4O2S/c1-4-15-17(18(24)25-26)16(11-14-8-6-5-7-9-14)23(22-15)19-20-12(2)10-13(3)21-19/h5-10,26H,4,11H2,1-3H3. The van der Waals surface area contributed by atoms with Crippen molar-refractivity contribution in [1.29, 1.82) is 0 Å². The molecule has 0 aliphatic heterocycles. The van der Waals surface area contributed by atoms with E-state index in [1.165, 1.54) is 0 Å². The summed E-state index contributed by atoms with van der Waals surface area (Å²) >= 11 is 3.70. The monoisotopic (exact) mass is 368 g/mol. The Balaban J connectivity index is 2.22. The molecule has 0 saturated heterocycles. The van der Waals surface area contributed by atoms with Crippen LogP contribution in [0.2, 0.25) is 0 Å². The van der Waals surface area contributed by atoms with Gasteiger partial charge in [0.25, 0.3) is 5.95 Å². The van der Waals surface area contributed by atoms with E-state index in [1.807, 2.05) is 57.2 Å². The summed E-state index contributed by atoms with van der Waals surface area (Å²) in [5.74, 6) is -0.0758. The molecule has 1 aromatic carbocycles. The number of hydrogen-bond acceptors (Lipinski definition) is 6. The summed E-state index contributed by atoms with van der Waals surface area (Å²) in [6.07, 6.45) is 1.08. The summed E-state index contributed by atoms with van der Waals surface area (Å²) in [5.41, 5.74) is 4.48. The molecule has 0 saturated carbocycles. The van der Waals surface area contributed by atoms with Crippen LogP contribution in [-0.4, -0.2) is 25.7 Å². The van der Waals surface area contributed by atoms with E-state index in [0.717, 1.165) is 17.0 Å². The predicted octanol–water partition coefficient (Wildman–Crippen LogP) is 3.43. The Hall–Kier alpha value is -2.67. The molecule has 0 N–H and O–H groups in total. The predicted molar refractivity (Wildman–Crippen MR) is 102 cm³/mol. The van der Waals surface area contributed by atoms with Crippen LogP contribution in [-0.2, 0) is 17.0 Å². The molecular weight excluding hydrogens is 348 g/mol. The van der Waals surface area contributed by atoms with Gasteiger partial charge in [0.05, 0.1) is 11.4 Å². The van der Waals surface area contributed by atoms with Crippen molar-refractivity contribution in [3.8, 4) is 5.95 Å². The average molecular weight is 368 g/mol. The molecule has 7 heteroatoms. The van der Waals surface area contributed by atoms with Gasteiger partial charge in [0.15, 0.2) is 0 Å². The summed E-state index contributed by atoms with van der Waals surface area (Å²) in [4.78, 5) is 21.4. The fraction of sp³-hybridized carbons (Fsp3) is 0.263. The number of aryl methyl sites for hydroxylation is 3. The zero-order chi connectivity index (χ0) is 18.7. The highest BCUT2D eigenvalue weighted by atomic mass is 32.1. The number of nitrogens with zero attached hydrogens (tertiary/aromatic N) is 4. The van der Waals surface area contributed by atoms with Crippen LogP contribution in [0.15, 0.2) is 36.4 Å². The van der Waals surface area contributed by atoms with Crippen LogP contribution >= 0.6 is 12.9 Å². The van der Waals surface area contributed by atoms with Crippen LogP contribution in [0.5, 0.6) is 0 Å². The Labute approximate surface area is 157 Å². The van der Waals surface area contributed by atoms with Crippen molar-refractivity contribution >= 4 is 18.9 Å². The fourth-order valence-corrected chi connectivity index (χ4v) is 3.04. The molecule has 2 heterocycles. The van der Waals surface area contributed by atoms with Crippen LogP contribution < -0.4 is 0 Å². The van der Waals surface area contributed by atoms with Gasteiger partial charge in [-0.15, -0.1) is 0 Å². The highest BCUT2D eigenvalue weighted by Crippen LogP contribution is 2.23. The van der Waals surface area contributed by atoms with Gasteiger partial charge in [0, 0.05) is 30.7 Å². The second-order valence-corrected chi connectivity index (χ2v) is 6.21.